The van der Waals surface area contributed by atoms with Crippen molar-refractivity contribution in [3.8, 4) is 0 Å². The molecule has 1 aliphatic rings. The molecule has 0 radical (unpaired) electrons. The number of nitrogen functional groups attached to an aromatic ring is 1. The number of aromatic nitrogens is 2. The predicted molar refractivity (Wildman–Crippen MR) is 61.8 cm³/mol. The van der Waals surface area contributed by atoms with Crippen molar-refractivity contribution in [2.75, 3.05) is 17.7 Å². The maximum atomic E-state index is 5.77. The van der Waals surface area contributed by atoms with Gasteiger partial charge < -0.3 is 10.6 Å². The molecule has 0 saturated heterocycles. The molecule has 4 heteroatoms. The van der Waals surface area contributed by atoms with Gasteiger partial charge in [0, 0.05) is 18.7 Å². The van der Waals surface area contributed by atoms with Crippen LogP contribution in [0.1, 0.15) is 25.3 Å². The van der Waals surface area contributed by atoms with E-state index in [9.17, 15) is 0 Å². The lowest BCUT2D eigenvalue weighted by Gasteiger charge is -2.27. The molecule has 1 unspecified atom stereocenters. The van der Waals surface area contributed by atoms with E-state index < -0.39 is 0 Å². The van der Waals surface area contributed by atoms with Gasteiger partial charge in [-0.3, -0.25) is 0 Å². The average Bonchev–Trinajstić information content (AvgIpc) is 3.03. The number of anilines is 2. The molecule has 4 nitrogen and oxygen atoms in total. The van der Waals surface area contributed by atoms with Crippen LogP contribution in [-0.2, 0) is 0 Å². The van der Waals surface area contributed by atoms with E-state index in [1.807, 2.05) is 6.92 Å². The van der Waals surface area contributed by atoms with Crippen molar-refractivity contribution in [3.05, 3.63) is 11.9 Å². The molecule has 1 aromatic rings. The van der Waals surface area contributed by atoms with E-state index in [1.165, 1.54) is 19.2 Å². The molecule has 0 bridgehead atoms. The van der Waals surface area contributed by atoms with E-state index in [0.29, 0.717) is 11.9 Å². The summed E-state index contributed by atoms with van der Waals surface area (Å²) < 4.78 is 0. The van der Waals surface area contributed by atoms with Gasteiger partial charge in [-0.1, -0.05) is 0 Å². The maximum Gasteiger partial charge on any atom is 0.137 e. The summed E-state index contributed by atoms with van der Waals surface area (Å²) in [6.07, 6.45) is 4.21. The topological polar surface area (TPSA) is 55.0 Å². The van der Waals surface area contributed by atoms with Gasteiger partial charge in [0.05, 0.1) is 0 Å². The number of rotatable bonds is 3. The van der Waals surface area contributed by atoms with Gasteiger partial charge in [0.1, 0.15) is 18.0 Å². The third-order valence-electron chi connectivity index (χ3n) is 3.35. The fourth-order valence-electron chi connectivity index (χ4n) is 1.90. The van der Waals surface area contributed by atoms with Crippen LogP contribution in [-0.4, -0.2) is 23.1 Å². The molecule has 1 atom stereocenters. The Morgan fingerprint density at radius 3 is 2.73 bits per heavy atom. The average molecular weight is 206 g/mol. The van der Waals surface area contributed by atoms with Gasteiger partial charge in [-0.2, -0.15) is 0 Å². The second kappa shape index (κ2) is 3.68. The lowest BCUT2D eigenvalue weighted by atomic mass is 10.2. The molecule has 1 aliphatic carbocycles. The van der Waals surface area contributed by atoms with E-state index in [4.69, 9.17) is 5.73 Å². The Morgan fingerprint density at radius 2 is 2.13 bits per heavy atom. The van der Waals surface area contributed by atoms with E-state index in [0.717, 1.165) is 17.3 Å². The van der Waals surface area contributed by atoms with Crippen LogP contribution in [0, 0.1) is 12.8 Å². The largest absolute Gasteiger partial charge is 0.383 e. The van der Waals surface area contributed by atoms with Crippen LogP contribution in [0.5, 0.6) is 0 Å². The van der Waals surface area contributed by atoms with Crippen LogP contribution in [0.25, 0.3) is 0 Å². The number of hydrogen-bond donors (Lipinski definition) is 1. The molecule has 15 heavy (non-hydrogen) atoms. The fourth-order valence-corrected chi connectivity index (χ4v) is 1.90. The van der Waals surface area contributed by atoms with Gasteiger partial charge in [-0.25, -0.2) is 9.97 Å². The van der Waals surface area contributed by atoms with Gasteiger partial charge in [0.2, 0.25) is 0 Å². The van der Waals surface area contributed by atoms with Gasteiger partial charge >= 0.3 is 0 Å². The summed E-state index contributed by atoms with van der Waals surface area (Å²) in [4.78, 5) is 10.5. The highest BCUT2D eigenvalue weighted by Gasteiger charge is 2.31. The predicted octanol–water partition coefficient (Wildman–Crippen LogP) is 1.60. The Labute approximate surface area is 90.5 Å². The van der Waals surface area contributed by atoms with E-state index >= 15 is 0 Å². The molecule has 0 amide bonds. The van der Waals surface area contributed by atoms with Crippen LogP contribution in [0.4, 0.5) is 11.6 Å². The molecular weight excluding hydrogens is 188 g/mol. The monoisotopic (exact) mass is 206 g/mol. The highest BCUT2D eigenvalue weighted by Crippen LogP contribution is 2.36. The van der Waals surface area contributed by atoms with Gasteiger partial charge in [-0.15, -0.1) is 0 Å². The lowest BCUT2D eigenvalue weighted by molar-refractivity contribution is 0.602. The van der Waals surface area contributed by atoms with Crippen molar-refractivity contribution in [2.24, 2.45) is 5.92 Å². The van der Waals surface area contributed by atoms with Crippen LogP contribution < -0.4 is 10.6 Å². The molecule has 0 spiro atoms. The summed E-state index contributed by atoms with van der Waals surface area (Å²) in [7, 11) is 2.08. The molecule has 2 N–H and O–H groups in total. The van der Waals surface area contributed by atoms with Crippen molar-refractivity contribution in [3.63, 3.8) is 0 Å². The normalized spacial score (nSPS) is 17.5. The third-order valence-corrected chi connectivity index (χ3v) is 3.35. The zero-order valence-electron chi connectivity index (χ0n) is 9.57. The number of nitrogens with zero attached hydrogens (tertiary/aromatic N) is 3. The molecule has 1 aromatic heterocycles. The standard InChI is InChI=1S/C11H18N4/c1-7-10(12)13-6-14-11(7)15(3)8(2)9-4-5-9/h6,8-9H,4-5H2,1-3H3,(H2,12,13,14). The summed E-state index contributed by atoms with van der Waals surface area (Å²) >= 11 is 0. The van der Waals surface area contributed by atoms with Crippen molar-refractivity contribution in [1.29, 1.82) is 0 Å². The Bertz CT molecular complexity index is 360. The van der Waals surface area contributed by atoms with Crippen LogP contribution >= 0.6 is 0 Å². The smallest absolute Gasteiger partial charge is 0.137 e. The first kappa shape index (κ1) is 10.2. The highest BCUT2D eigenvalue weighted by molar-refractivity contribution is 5.55. The van der Waals surface area contributed by atoms with Gasteiger partial charge in [0.15, 0.2) is 0 Å². The number of hydrogen-bond acceptors (Lipinski definition) is 4. The molecular formula is C11H18N4. The molecule has 1 saturated carbocycles. The van der Waals surface area contributed by atoms with Gasteiger partial charge in [-0.05, 0) is 32.6 Å². The van der Waals surface area contributed by atoms with Crippen molar-refractivity contribution < 1.29 is 0 Å². The quantitative estimate of drug-likeness (QED) is 0.816. The first-order valence-corrected chi connectivity index (χ1v) is 5.41. The lowest BCUT2D eigenvalue weighted by Crippen LogP contribution is -2.32. The maximum absolute atomic E-state index is 5.77. The minimum Gasteiger partial charge on any atom is -0.383 e. The highest BCUT2D eigenvalue weighted by atomic mass is 15.2. The first-order valence-electron chi connectivity index (χ1n) is 5.41. The van der Waals surface area contributed by atoms with Gasteiger partial charge in [0.25, 0.3) is 0 Å². The zero-order valence-corrected chi connectivity index (χ0v) is 9.57. The van der Waals surface area contributed by atoms with Crippen LogP contribution in [0.15, 0.2) is 6.33 Å². The van der Waals surface area contributed by atoms with Crippen molar-refractivity contribution in [1.82, 2.24) is 9.97 Å². The Hall–Kier alpha value is -1.32. The molecule has 82 valence electrons. The zero-order chi connectivity index (χ0) is 11.0. The molecule has 0 aliphatic heterocycles. The minimum atomic E-state index is 0.540. The fraction of sp³-hybridized carbons (Fsp3) is 0.636. The van der Waals surface area contributed by atoms with E-state index in [1.54, 1.807) is 0 Å². The third kappa shape index (κ3) is 1.89. The second-order valence-corrected chi connectivity index (χ2v) is 4.40. The Balaban J connectivity index is 2.24. The van der Waals surface area contributed by atoms with E-state index in [2.05, 4.69) is 28.8 Å². The summed E-state index contributed by atoms with van der Waals surface area (Å²) in [5, 5.41) is 0. The summed E-state index contributed by atoms with van der Waals surface area (Å²) in [6, 6.07) is 0.540. The SMILES string of the molecule is Cc1c(N)ncnc1N(C)C(C)C1CC1. The molecule has 0 aromatic carbocycles. The Morgan fingerprint density at radius 1 is 1.47 bits per heavy atom. The summed E-state index contributed by atoms with van der Waals surface area (Å²) in [5.74, 6) is 2.36. The van der Waals surface area contributed by atoms with Crippen molar-refractivity contribution >= 4 is 11.6 Å². The van der Waals surface area contributed by atoms with Crippen LogP contribution in [0.3, 0.4) is 0 Å². The first-order chi connectivity index (χ1) is 7.11. The van der Waals surface area contributed by atoms with Crippen LogP contribution in [0.2, 0.25) is 0 Å². The molecule has 2 rings (SSSR count). The van der Waals surface area contributed by atoms with Crippen molar-refractivity contribution in [2.45, 2.75) is 32.7 Å². The second-order valence-electron chi connectivity index (χ2n) is 4.40. The number of nitrogens with two attached hydrogens (primary N) is 1. The summed E-state index contributed by atoms with van der Waals surface area (Å²) in [6.45, 7) is 4.22. The molecule has 1 heterocycles. The Kier molecular flexibility index (Phi) is 2.50. The molecule has 1 fully saturated rings. The minimum absolute atomic E-state index is 0.540. The van der Waals surface area contributed by atoms with E-state index in [-0.39, 0.29) is 0 Å². The summed E-state index contributed by atoms with van der Waals surface area (Å²) in [5.41, 5.74) is 6.75.